The summed E-state index contributed by atoms with van der Waals surface area (Å²) in [4.78, 5) is 12.5. The van der Waals surface area contributed by atoms with Gasteiger partial charge >= 0.3 is 0 Å². The number of fused-ring (bicyclic) bond motifs is 1. The molecule has 0 spiro atoms. The Balaban J connectivity index is 1.60. The van der Waals surface area contributed by atoms with Crippen molar-refractivity contribution in [1.29, 1.82) is 0 Å². The van der Waals surface area contributed by atoms with Gasteiger partial charge in [0, 0.05) is 17.5 Å². The van der Waals surface area contributed by atoms with Crippen molar-refractivity contribution in [3.05, 3.63) is 40.9 Å². The van der Waals surface area contributed by atoms with E-state index >= 15 is 0 Å². The van der Waals surface area contributed by atoms with Crippen molar-refractivity contribution < 1.29 is 23.7 Å². The second kappa shape index (κ2) is 9.30. The molecule has 0 saturated carbocycles. The Labute approximate surface area is 173 Å². The summed E-state index contributed by atoms with van der Waals surface area (Å²) in [6, 6.07) is 9.02. The molecule has 150 valence electrons. The predicted molar refractivity (Wildman–Crippen MR) is 111 cm³/mol. The van der Waals surface area contributed by atoms with Gasteiger partial charge in [0.1, 0.15) is 13.2 Å². The van der Waals surface area contributed by atoms with Gasteiger partial charge in [0.25, 0.3) is 0 Å². The molecule has 0 unspecified atom stereocenters. The number of benzene rings is 2. The highest BCUT2D eigenvalue weighted by atomic mass is 35.5. The van der Waals surface area contributed by atoms with Crippen LogP contribution in [0.25, 0.3) is 0 Å². The molecule has 6 nitrogen and oxygen atoms in total. The fraction of sp³-hybridized carbons (Fsp3) is 0.350. The van der Waals surface area contributed by atoms with E-state index in [2.05, 4.69) is 5.32 Å². The first-order valence-corrected chi connectivity index (χ1v) is 10.2. The number of halogens is 1. The first-order chi connectivity index (χ1) is 13.5. The molecule has 0 aliphatic carbocycles. The largest absolute Gasteiger partial charge is 0.493 e. The van der Waals surface area contributed by atoms with E-state index in [0.717, 1.165) is 5.56 Å². The summed E-state index contributed by atoms with van der Waals surface area (Å²) < 4.78 is 21.6. The number of rotatable bonds is 7. The van der Waals surface area contributed by atoms with Gasteiger partial charge in [-0.05, 0) is 36.8 Å². The van der Waals surface area contributed by atoms with E-state index in [0.29, 0.717) is 52.7 Å². The summed E-state index contributed by atoms with van der Waals surface area (Å²) >= 11 is 7.78. The van der Waals surface area contributed by atoms with Crippen LogP contribution in [0, 0.1) is 0 Å². The Morgan fingerprint density at radius 2 is 1.93 bits per heavy atom. The molecule has 1 heterocycles. The van der Waals surface area contributed by atoms with Crippen molar-refractivity contribution in [2.24, 2.45) is 0 Å². The number of hydrogen-bond acceptors (Lipinski definition) is 6. The van der Waals surface area contributed by atoms with Gasteiger partial charge in [-0.15, -0.1) is 11.8 Å². The van der Waals surface area contributed by atoms with E-state index in [9.17, 15) is 4.79 Å². The molecule has 0 radical (unpaired) electrons. The van der Waals surface area contributed by atoms with Crippen LogP contribution in [0.2, 0.25) is 5.02 Å². The highest BCUT2D eigenvalue weighted by Crippen LogP contribution is 2.39. The first kappa shape index (κ1) is 20.5. The lowest BCUT2D eigenvalue weighted by atomic mass is 10.2. The summed E-state index contributed by atoms with van der Waals surface area (Å²) in [5, 5.41) is 3.16. The van der Waals surface area contributed by atoms with Crippen molar-refractivity contribution in [1.82, 2.24) is 0 Å². The third-order valence-corrected chi connectivity index (χ3v) is 5.67. The maximum Gasteiger partial charge on any atom is 0.237 e. The zero-order valence-corrected chi connectivity index (χ0v) is 17.5. The number of nitrogens with one attached hydrogen (secondary N) is 1. The van der Waals surface area contributed by atoms with Gasteiger partial charge in [-0.25, -0.2) is 0 Å². The lowest BCUT2D eigenvalue weighted by Crippen LogP contribution is -2.22. The third-order valence-electron chi connectivity index (χ3n) is 4.18. The maximum atomic E-state index is 12.5. The molecule has 3 rings (SSSR count). The average Bonchev–Trinajstić information content (AvgIpc) is 2.71. The maximum absolute atomic E-state index is 12.5. The number of carbonyl (C=O) groups excluding carboxylic acids is 1. The summed E-state index contributed by atoms with van der Waals surface area (Å²) in [7, 11) is 3.12. The van der Waals surface area contributed by atoms with Crippen LogP contribution in [0.15, 0.2) is 30.3 Å². The van der Waals surface area contributed by atoms with Crippen molar-refractivity contribution in [3.8, 4) is 23.0 Å². The SMILES string of the molecule is COc1ccc(NC(=O)[C@H](C)SCc2cc(Cl)c3c(c2)OCCO3)cc1OC. The molecule has 0 fully saturated rings. The van der Waals surface area contributed by atoms with Gasteiger partial charge in [-0.2, -0.15) is 0 Å². The topological polar surface area (TPSA) is 66.0 Å². The number of thioether (sulfide) groups is 1. The van der Waals surface area contributed by atoms with Gasteiger partial charge in [-0.1, -0.05) is 11.6 Å². The van der Waals surface area contributed by atoms with Crippen LogP contribution in [-0.4, -0.2) is 38.6 Å². The molecule has 1 aliphatic rings. The van der Waals surface area contributed by atoms with E-state index in [4.69, 9.17) is 30.5 Å². The van der Waals surface area contributed by atoms with Crippen LogP contribution < -0.4 is 24.3 Å². The van der Waals surface area contributed by atoms with Crippen LogP contribution in [0.1, 0.15) is 12.5 Å². The number of methoxy groups -OCH3 is 2. The minimum atomic E-state index is -0.264. The first-order valence-electron chi connectivity index (χ1n) is 8.74. The molecular formula is C20H22ClNO5S. The molecular weight excluding hydrogens is 402 g/mol. The second-order valence-electron chi connectivity index (χ2n) is 6.11. The van der Waals surface area contributed by atoms with Crippen molar-refractivity contribution in [3.63, 3.8) is 0 Å². The molecule has 1 amide bonds. The second-order valence-corrected chi connectivity index (χ2v) is 7.85. The standard InChI is InChI=1S/C20H22ClNO5S/c1-12(20(23)22-14-4-5-16(24-2)17(10-14)25-3)28-11-13-8-15(21)19-18(9-13)26-6-7-27-19/h4-5,8-10,12H,6-7,11H2,1-3H3,(H,22,23)/t12-/m0/s1. The Kier molecular flexibility index (Phi) is 6.80. The molecule has 1 N–H and O–H groups in total. The number of hydrogen-bond donors (Lipinski definition) is 1. The smallest absolute Gasteiger partial charge is 0.237 e. The van der Waals surface area contributed by atoms with Gasteiger partial charge < -0.3 is 24.3 Å². The number of carbonyl (C=O) groups is 1. The van der Waals surface area contributed by atoms with Crippen LogP contribution in [0.5, 0.6) is 23.0 Å². The summed E-state index contributed by atoms with van der Waals surface area (Å²) in [5.41, 5.74) is 1.63. The molecule has 0 bridgehead atoms. The fourth-order valence-electron chi connectivity index (χ4n) is 2.70. The quantitative estimate of drug-likeness (QED) is 0.712. The van der Waals surface area contributed by atoms with Gasteiger partial charge in [0.15, 0.2) is 23.0 Å². The zero-order chi connectivity index (χ0) is 20.1. The highest BCUT2D eigenvalue weighted by Gasteiger charge is 2.19. The van der Waals surface area contributed by atoms with E-state index in [1.54, 1.807) is 32.4 Å². The molecule has 0 saturated heterocycles. The predicted octanol–water partition coefficient (Wildman–Crippen LogP) is 4.39. The Morgan fingerprint density at radius 3 is 2.68 bits per heavy atom. The molecule has 1 atom stereocenters. The highest BCUT2D eigenvalue weighted by molar-refractivity contribution is 7.99. The summed E-state index contributed by atoms with van der Waals surface area (Å²) in [6.07, 6.45) is 0. The van der Waals surface area contributed by atoms with E-state index < -0.39 is 0 Å². The van der Waals surface area contributed by atoms with Crippen LogP contribution >= 0.6 is 23.4 Å². The monoisotopic (exact) mass is 423 g/mol. The molecule has 2 aromatic rings. The third kappa shape index (κ3) is 4.77. The normalized spacial score (nSPS) is 13.6. The van der Waals surface area contributed by atoms with Crippen molar-refractivity contribution in [2.45, 2.75) is 17.9 Å². The molecule has 0 aromatic heterocycles. The number of amides is 1. The van der Waals surface area contributed by atoms with Crippen molar-refractivity contribution >= 4 is 35.0 Å². The lowest BCUT2D eigenvalue weighted by Gasteiger charge is -2.20. The van der Waals surface area contributed by atoms with Crippen molar-refractivity contribution in [2.75, 3.05) is 32.8 Å². The fourth-order valence-corrected chi connectivity index (χ4v) is 3.81. The zero-order valence-electron chi connectivity index (χ0n) is 15.9. The molecule has 2 aromatic carbocycles. The number of anilines is 1. The Bertz CT molecular complexity index is 861. The van der Waals surface area contributed by atoms with E-state index in [1.165, 1.54) is 11.8 Å². The van der Waals surface area contributed by atoms with E-state index in [1.807, 2.05) is 19.1 Å². The van der Waals surface area contributed by atoms with Gasteiger partial charge in [-0.3, -0.25) is 4.79 Å². The Hall–Kier alpha value is -2.25. The molecule has 8 heteroatoms. The van der Waals surface area contributed by atoms with Crippen LogP contribution in [-0.2, 0) is 10.5 Å². The minimum Gasteiger partial charge on any atom is -0.493 e. The van der Waals surface area contributed by atoms with Crippen LogP contribution in [0.4, 0.5) is 5.69 Å². The Morgan fingerprint density at radius 1 is 1.18 bits per heavy atom. The lowest BCUT2D eigenvalue weighted by molar-refractivity contribution is -0.115. The average molecular weight is 424 g/mol. The van der Waals surface area contributed by atoms with Gasteiger partial charge in [0.05, 0.1) is 24.5 Å². The summed E-state index contributed by atoms with van der Waals surface area (Å²) in [6.45, 7) is 2.86. The minimum absolute atomic E-state index is 0.0964. The summed E-state index contributed by atoms with van der Waals surface area (Å²) in [5.74, 6) is 2.93. The van der Waals surface area contributed by atoms with Crippen LogP contribution in [0.3, 0.4) is 0 Å². The molecule has 1 aliphatic heterocycles. The number of ether oxygens (including phenoxy) is 4. The van der Waals surface area contributed by atoms with Gasteiger partial charge in [0.2, 0.25) is 5.91 Å². The molecule has 28 heavy (non-hydrogen) atoms. The van der Waals surface area contributed by atoms with E-state index in [-0.39, 0.29) is 11.2 Å².